The average Bonchev–Trinajstić information content (AvgIpc) is 2.98. The maximum absolute atomic E-state index is 13.9. The first-order valence-corrected chi connectivity index (χ1v) is 11.9. The maximum atomic E-state index is 13.9. The number of amides is 1. The molecule has 5 rings (SSSR count). The zero-order valence-electron chi connectivity index (χ0n) is 17.0. The van der Waals surface area contributed by atoms with Gasteiger partial charge in [0.25, 0.3) is 5.91 Å². The van der Waals surface area contributed by atoms with E-state index in [0.717, 1.165) is 15.6 Å². The highest BCUT2D eigenvalue weighted by atomic mass is 79.9. The first kappa shape index (κ1) is 20.7. The minimum atomic E-state index is -0.771. The van der Waals surface area contributed by atoms with Gasteiger partial charge in [0.15, 0.2) is 5.69 Å². The van der Waals surface area contributed by atoms with Crippen molar-refractivity contribution in [1.82, 2.24) is 15.2 Å². The largest absolute Gasteiger partial charge is 0.447 e. The van der Waals surface area contributed by atoms with Gasteiger partial charge in [-0.3, -0.25) is 9.69 Å². The van der Waals surface area contributed by atoms with Gasteiger partial charge in [-0.2, -0.15) is 4.98 Å². The van der Waals surface area contributed by atoms with Crippen molar-refractivity contribution in [3.63, 3.8) is 0 Å². The van der Waals surface area contributed by atoms with Crippen molar-refractivity contribution in [2.75, 3.05) is 11.2 Å². The van der Waals surface area contributed by atoms with Crippen molar-refractivity contribution in [3.05, 3.63) is 94.5 Å². The molecule has 1 aliphatic heterocycles. The normalized spacial score (nSPS) is 14.7. The van der Waals surface area contributed by atoms with Crippen LogP contribution in [0.1, 0.15) is 22.1 Å². The van der Waals surface area contributed by atoms with Gasteiger partial charge < -0.3 is 4.74 Å². The Hall–Kier alpha value is -3.23. The Morgan fingerprint density at radius 3 is 2.47 bits per heavy atom. The second-order valence-corrected chi connectivity index (χ2v) is 8.63. The van der Waals surface area contributed by atoms with Crippen LogP contribution < -0.4 is 9.64 Å². The number of thioether (sulfide) groups is 1. The zero-order chi connectivity index (χ0) is 22.1. The number of ether oxygens (including phenoxy) is 1. The van der Waals surface area contributed by atoms with Gasteiger partial charge in [-0.25, -0.2) is 0 Å². The van der Waals surface area contributed by atoms with Crippen LogP contribution in [-0.2, 0) is 0 Å². The van der Waals surface area contributed by atoms with Crippen LogP contribution in [-0.4, -0.2) is 27.3 Å². The summed E-state index contributed by atoms with van der Waals surface area (Å²) in [5.41, 5.74) is 3.25. The van der Waals surface area contributed by atoms with Crippen LogP contribution >= 0.6 is 27.7 Å². The molecule has 2 heterocycles. The third-order valence-corrected chi connectivity index (χ3v) is 6.37. The monoisotopic (exact) mass is 504 g/mol. The summed E-state index contributed by atoms with van der Waals surface area (Å²) in [5.74, 6) is 0.144. The fraction of sp³-hybridized carbons (Fsp3) is 0.0833. The SMILES string of the molecule is CSc1nnc2c(n1)O[C@H](c1ccccc1Br)N(C(=O)c1ccccc1)c1ccccc1-2. The molecular formula is C24H17BrN4O2S. The number of fused-ring (bicyclic) bond motifs is 3. The molecule has 0 spiro atoms. The first-order chi connectivity index (χ1) is 15.7. The molecule has 0 saturated carbocycles. The summed E-state index contributed by atoms with van der Waals surface area (Å²) in [7, 11) is 0. The Morgan fingerprint density at radius 1 is 0.969 bits per heavy atom. The number of nitrogens with zero attached hydrogens (tertiary/aromatic N) is 4. The second-order valence-electron chi connectivity index (χ2n) is 7.00. The molecule has 0 bridgehead atoms. The Labute approximate surface area is 197 Å². The number of rotatable bonds is 3. The van der Waals surface area contributed by atoms with Crippen LogP contribution in [0.2, 0.25) is 0 Å². The van der Waals surface area contributed by atoms with Crippen molar-refractivity contribution in [1.29, 1.82) is 0 Å². The van der Waals surface area contributed by atoms with Crippen molar-refractivity contribution in [2.45, 2.75) is 11.4 Å². The van der Waals surface area contributed by atoms with Gasteiger partial charge in [0.05, 0.1) is 5.69 Å². The molecule has 4 aromatic rings. The van der Waals surface area contributed by atoms with Gasteiger partial charge in [-0.05, 0) is 30.5 Å². The van der Waals surface area contributed by atoms with Crippen LogP contribution in [0.5, 0.6) is 5.88 Å². The van der Waals surface area contributed by atoms with E-state index in [1.165, 1.54) is 11.8 Å². The van der Waals surface area contributed by atoms with E-state index in [4.69, 9.17) is 4.74 Å². The number of benzene rings is 3. The summed E-state index contributed by atoms with van der Waals surface area (Å²) in [6, 6.07) is 24.4. The summed E-state index contributed by atoms with van der Waals surface area (Å²) < 4.78 is 7.28. The molecule has 1 aliphatic rings. The van der Waals surface area contributed by atoms with Gasteiger partial charge in [0.1, 0.15) is 0 Å². The molecule has 158 valence electrons. The Balaban J connectivity index is 1.78. The molecule has 0 aliphatic carbocycles. The quantitative estimate of drug-likeness (QED) is 0.330. The number of carbonyl (C=O) groups is 1. The molecule has 1 atom stereocenters. The minimum Gasteiger partial charge on any atom is -0.447 e. The van der Waals surface area contributed by atoms with Crippen LogP contribution in [0.15, 0.2) is 88.5 Å². The van der Waals surface area contributed by atoms with E-state index in [1.54, 1.807) is 17.0 Å². The second kappa shape index (κ2) is 8.72. The van der Waals surface area contributed by atoms with Crippen molar-refractivity contribution < 1.29 is 9.53 Å². The lowest BCUT2D eigenvalue weighted by atomic mass is 10.1. The summed E-state index contributed by atoms with van der Waals surface area (Å²) in [6.45, 7) is 0. The molecule has 6 nitrogen and oxygen atoms in total. The molecule has 0 saturated heterocycles. The van der Waals surface area contributed by atoms with Crippen LogP contribution in [0, 0.1) is 0 Å². The third-order valence-electron chi connectivity index (χ3n) is 5.11. The number of anilines is 1. The van der Waals surface area contributed by atoms with Gasteiger partial charge >= 0.3 is 0 Å². The van der Waals surface area contributed by atoms with E-state index in [1.807, 2.05) is 73.0 Å². The smallest absolute Gasteiger partial charge is 0.261 e. The number of hydrogen-bond donors (Lipinski definition) is 0. The van der Waals surface area contributed by atoms with Crippen LogP contribution in [0.3, 0.4) is 0 Å². The number of halogens is 1. The summed E-state index contributed by atoms with van der Waals surface area (Å²) in [6.07, 6.45) is 1.11. The predicted octanol–water partition coefficient (Wildman–Crippen LogP) is 5.76. The van der Waals surface area contributed by atoms with E-state index in [2.05, 4.69) is 31.1 Å². The van der Waals surface area contributed by atoms with Crippen molar-refractivity contribution >= 4 is 39.3 Å². The fourth-order valence-electron chi connectivity index (χ4n) is 3.62. The number of para-hydroxylation sites is 1. The summed E-state index contributed by atoms with van der Waals surface area (Å²) in [4.78, 5) is 20.1. The summed E-state index contributed by atoms with van der Waals surface area (Å²) >= 11 is 5.01. The lowest BCUT2D eigenvalue weighted by Gasteiger charge is -2.31. The van der Waals surface area contributed by atoms with Gasteiger partial charge in [0.2, 0.25) is 17.3 Å². The van der Waals surface area contributed by atoms with Gasteiger partial charge in [0, 0.05) is 21.2 Å². The zero-order valence-corrected chi connectivity index (χ0v) is 19.4. The Bertz CT molecular complexity index is 1300. The molecule has 0 N–H and O–H groups in total. The van der Waals surface area contributed by atoms with Crippen LogP contribution in [0.4, 0.5) is 5.69 Å². The number of aromatic nitrogens is 3. The highest BCUT2D eigenvalue weighted by Gasteiger charge is 2.37. The van der Waals surface area contributed by atoms with E-state index in [0.29, 0.717) is 28.0 Å². The van der Waals surface area contributed by atoms with Gasteiger partial charge in [-0.1, -0.05) is 82.3 Å². The van der Waals surface area contributed by atoms with E-state index >= 15 is 0 Å². The highest BCUT2D eigenvalue weighted by molar-refractivity contribution is 9.10. The Morgan fingerprint density at radius 2 is 1.69 bits per heavy atom. The lowest BCUT2D eigenvalue weighted by molar-refractivity contribution is 0.0909. The van der Waals surface area contributed by atoms with Crippen molar-refractivity contribution in [3.8, 4) is 17.1 Å². The topological polar surface area (TPSA) is 68.2 Å². The molecule has 0 radical (unpaired) electrons. The van der Waals surface area contributed by atoms with Gasteiger partial charge in [-0.15, -0.1) is 10.2 Å². The predicted molar refractivity (Wildman–Crippen MR) is 128 cm³/mol. The van der Waals surface area contributed by atoms with E-state index < -0.39 is 6.23 Å². The van der Waals surface area contributed by atoms with E-state index in [9.17, 15) is 4.79 Å². The molecule has 3 aromatic carbocycles. The molecule has 1 amide bonds. The molecule has 8 heteroatoms. The molecular weight excluding hydrogens is 488 g/mol. The molecule has 1 aromatic heterocycles. The summed E-state index contributed by atoms with van der Waals surface area (Å²) in [5, 5.41) is 9.10. The van der Waals surface area contributed by atoms with Crippen LogP contribution in [0.25, 0.3) is 11.3 Å². The van der Waals surface area contributed by atoms with Crippen molar-refractivity contribution in [2.24, 2.45) is 0 Å². The molecule has 0 unspecified atom stereocenters. The number of hydrogen-bond acceptors (Lipinski definition) is 6. The highest BCUT2D eigenvalue weighted by Crippen LogP contribution is 2.44. The molecule has 32 heavy (non-hydrogen) atoms. The Kier molecular flexibility index (Phi) is 5.63. The third kappa shape index (κ3) is 3.65. The van der Waals surface area contributed by atoms with E-state index in [-0.39, 0.29) is 5.91 Å². The average molecular weight is 505 g/mol. The standard InChI is InChI=1S/C24H17BrN4O2S/c1-32-24-26-21-20(27-28-24)17-12-6-8-14-19(17)29(22(30)15-9-3-2-4-10-15)23(31-21)16-11-5-7-13-18(16)25/h2-14,23H,1H3/t23-/m1/s1. The first-order valence-electron chi connectivity index (χ1n) is 9.85. The fourth-order valence-corrected chi connectivity index (χ4v) is 4.40. The minimum absolute atomic E-state index is 0.190. The molecule has 0 fully saturated rings. The lowest BCUT2D eigenvalue weighted by Crippen LogP contribution is -2.38. The maximum Gasteiger partial charge on any atom is 0.261 e. The number of carbonyl (C=O) groups excluding carboxylic acids is 1.